The maximum Gasteiger partial charge on any atom is 0.178 e. The fourth-order valence-electron chi connectivity index (χ4n) is 3.59. The molecule has 0 saturated heterocycles. The van der Waals surface area contributed by atoms with Crippen LogP contribution in [-0.2, 0) is 26.1 Å². The molecular weight excluding hydrogens is 480 g/mol. The molecule has 4 aromatic rings. The summed E-state index contributed by atoms with van der Waals surface area (Å²) >= 11 is 0. The molecular formula is C28H26O5S2. The van der Waals surface area contributed by atoms with Crippen molar-refractivity contribution in [2.24, 2.45) is 0 Å². The zero-order chi connectivity index (χ0) is 25.1. The summed E-state index contributed by atoms with van der Waals surface area (Å²) in [6.45, 7) is 2.03. The second kappa shape index (κ2) is 10.1. The second-order valence-electron chi connectivity index (χ2n) is 8.45. The maximum absolute atomic E-state index is 12.8. The molecule has 180 valence electrons. The molecule has 7 heteroatoms. The predicted octanol–water partition coefficient (Wildman–Crippen LogP) is 5.87. The molecule has 0 N–H and O–H groups in total. The summed E-state index contributed by atoms with van der Waals surface area (Å²) in [5.41, 5.74) is 4.08. The van der Waals surface area contributed by atoms with Crippen molar-refractivity contribution < 1.29 is 21.6 Å². The minimum atomic E-state index is -3.42. The zero-order valence-electron chi connectivity index (χ0n) is 19.5. The molecule has 0 heterocycles. The molecule has 4 aromatic carbocycles. The summed E-state index contributed by atoms with van der Waals surface area (Å²) in [7, 11) is -6.68. The molecule has 0 aliphatic carbocycles. The summed E-state index contributed by atoms with van der Waals surface area (Å²) in [4.78, 5) is 0.539. The highest BCUT2D eigenvalue weighted by Crippen LogP contribution is 2.25. The van der Waals surface area contributed by atoms with Crippen molar-refractivity contribution in [1.29, 1.82) is 0 Å². The number of sulfone groups is 2. The van der Waals surface area contributed by atoms with Gasteiger partial charge in [-0.3, -0.25) is 0 Å². The van der Waals surface area contributed by atoms with Gasteiger partial charge in [0.15, 0.2) is 19.7 Å². The first-order valence-electron chi connectivity index (χ1n) is 11.1. The number of ether oxygens (including phenoxy) is 1. The minimum absolute atomic E-state index is 0.00400. The predicted molar refractivity (Wildman–Crippen MR) is 138 cm³/mol. The zero-order valence-corrected chi connectivity index (χ0v) is 21.1. The summed E-state index contributed by atoms with van der Waals surface area (Å²) < 4.78 is 54.6. The largest absolute Gasteiger partial charge is 0.457 e. The highest BCUT2D eigenvalue weighted by Gasteiger charge is 2.15. The fourth-order valence-corrected chi connectivity index (χ4v) is 5.51. The van der Waals surface area contributed by atoms with E-state index in [1.54, 1.807) is 36.4 Å². The van der Waals surface area contributed by atoms with Gasteiger partial charge in [-0.15, -0.1) is 0 Å². The van der Waals surface area contributed by atoms with E-state index in [1.807, 2.05) is 55.5 Å². The highest BCUT2D eigenvalue weighted by molar-refractivity contribution is 7.91. The highest BCUT2D eigenvalue weighted by atomic mass is 32.2. The Morgan fingerprint density at radius 2 is 1.06 bits per heavy atom. The van der Waals surface area contributed by atoms with Crippen LogP contribution in [0, 0.1) is 6.92 Å². The van der Waals surface area contributed by atoms with Gasteiger partial charge in [-0.2, -0.15) is 0 Å². The van der Waals surface area contributed by atoms with Crippen molar-refractivity contribution >= 4 is 19.7 Å². The standard InChI is InChI=1S/C28H26O5S2/c1-21-3-7-23(8-4-21)24-9-15-28(16-10-24)35(31,32)20-19-22-5-11-25(12-6-22)33-26-13-17-27(18-14-26)34(2,29)30/h3-18H,19-20H2,1-2H3. The van der Waals surface area contributed by atoms with Gasteiger partial charge in [-0.25, -0.2) is 16.8 Å². The number of hydrogen-bond acceptors (Lipinski definition) is 5. The van der Waals surface area contributed by atoms with Gasteiger partial charge < -0.3 is 4.74 Å². The number of rotatable bonds is 8. The molecule has 0 atom stereocenters. The first-order chi connectivity index (χ1) is 16.6. The van der Waals surface area contributed by atoms with Crippen LogP contribution in [0.25, 0.3) is 11.1 Å². The van der Waals surface area contributed by atoms with Crippen LogP contribution in [0.2, 0.25) is 0 Å². The Labute approximate surface area is 206 Å². The molecule has 0 unspecified atom stereocenters. The van der Waals surface area contributed by atoms with Gasteiger partial charge in [-0.05, 0) is 78.6 Å². The normalized spacial score (nSPS) is 11.8. The summed E-state index contributed by atoms with van der Waals surface area (Å²) in [5.74, 6) is 1.10. The van der Waals surface area contributed by atoms with Gasteiger partial charge in [0.2, 0.25) is 0 Å². The average molecular weight is 507 g/mol. The van der Waals surface area contributed by atoms with E-state index in [9.17, 15) is 16.8 Å². The summed E-state index contributed by atoms with van der Waals surface area (Å²) in [6.07, 6.45) is 1.54. The lowest BCUT2D eigenvalue weighted by molar-refractivity contribution is 0.482. The van der Waals surface area contributed by atoms with Crippen LogP contribution in [0.5, 0.6) is 11.5 Å². The Morgan fingerprint density at radius 1 is 0.600 bits per heavy atom. The van der Waals surface area contributed by atoms with Gasteiger partial charge in [0.1, 0.15) is 11.5 Å². The van der Waals surface area contributed by atoms with Crippen LogP contribution < -0.4 is 4.74 Å². The summed E-state index contributed by atoms with van der Waals surface area (Å²) in [5, 5.41) is 0. The van der Waals surface area contributed by atoms with E-state index in [-0.39, 0.29) is 10.6 Å². The van der Waals surface area contributed by atoms with Gasteiger partial charge in [0, 0.05) is 6.26 Å². The third-order valence-corrected chi connectivity index (χ3v) is 8.53. The van der Waals surface area contributed by atoms with Crippen molar-refractivity contribution in [3.63, 3.8) is 0 Å². The van der Waals surface area contributed by atoms with Gasteiger partial charge in [0.25, 0.3) is 0 Å². The quantitative estimate of drug-likeness (QED) is 0.298. The third-order valence-electron chi connectivity index (χ3n) is 5.67. The molecule has 0 bridgehead atoms. The number of benzene rings is 4. The molecule has 0 aliphatic heterocycles. The molecule has 0 amide bonds. The Balaban J connectivity index is 1.37. The van der Waals surface area contributed by atoms with Crippen LogP contribution in [0.1, 0.15) is 11.1 Å². The molecule has 0 saturated carbocycles. The van der Waals surface area contributed by atoms with Crippen molar-refractivity contribution in [3.05, 3.63) is 108 Å². The maximum atomic E-state index is 12.8. The second-order valence-corrected chi connectivity index (χ2v) is 12.6. The number of aryl methyl sites for hydroxylation is 2. The molecule has 35 heavy (non-hydrogen) atoms. The van der Waals surface area contributed by atoms with Crippen LogP contribution in [0.15, 0.2) is 107 Å². The minimum Gasteiger partial charge on any atom is -0.457 e. The van der Waals surface area contributed by atoms with E-state index in [1.165, 1.54) is 17.7 Å². The molecule has 4 rings (SSSR count). The molecule has 0 aliphatic rings. The SMILES string of the molecule is Cc1ccc(-c2ccc(S(=O)(=O)CCc3ccc(Oc4ccc(S(C)(=O)=O)cc4)cc3)cc2)cc1. The van der Waals surface area contributed by atoms with Gasteiger partial charge in [-0.1, -0.05) is 54.1 Å². The van der Waals surface area contributed by atoms with Gasteiger partial charge in [0.05, 0.1) is 15.5 Å². The molecule has 0 aromatic heterocycles. The van der Waals surface area contributed by atoms with Crippen molar-refractivity contribution in [3.8, 4) is 22.6 Å². The third kappa shape index (κ3) is 6.38. The lowest BCUT2D eigenvalue weighted by Crippen LogP contribution is -2.09. The number of hydrogen-bond donors (Lipinski definition) is 0. The van der Waals surface area contributed by atoms with Crippen molar-refractivity contribution in [1.82, 2.24) is 0 Å². The van der Waals surface area contributed by atoms with Crippen LogP contribution >= 0.6 is 0 Å². The lowest BCUT2D eigenvalue weighted by atomic mass is 10.0. The van der Waals surface area contributed by atoms with E-state index < -0.39 is 19.7 Å². The monoisotopic (exact) mass is 506 g/mol. The molecule has 0 radical (unpaired) electrons. The average Bonchev–Trinajstić information content (AvgIpc) is 2.84. The van der Waals surface area contributed by atoms with E-state index in [2.05, 4.69) is 0 Å². The summed E-state index contributed by atoms with van der Waals surface area (Å²) in [6, 6.07) is 28.5. The Kier molecular flexibility index (Phi) is 7.10. The van der Waals surface area contributed by atoms with Crippen molar-refractivity contribution in [2.75, 3.05) is 12.0 Å². The first kappa shape index (κ1) is 24.7. The lowest BCUT2D eigenvalue weighted by Gasteiger charge is -2.09. The Morgan fingerprint density at radius 3 is 1.57 bits per heavy atom. The van der Waals surface area contributed by atoms with Crippen molar-refractivity contribution in [2.45, 2.75) is 23.1 Å². The molecule has 0 fully saturated rings. The fraction of sp³-hybridized carbons (Fsp3) is 0.143. The Bertz CT molecular complexity index is 1500. The van der Waals surface area contributed by atoms with E-state index in [0.717, 1.165) is 22.9 Å². The van der Waals surface area contributed by atoms with Gasteiger partial charge >= 0.3 is 0 Å². The van der Waals surface area contributed by atoms with Crippen LogP contribution in [0.3, 0.4) is 0 Å². The van der Waals surface area contributed by atoms with Crippen LogP contribution in [-0.4, -0.2) is 28.8 Å². The topological polar surface area (TPSA) is 77.5 Å². The van der Waals surface area contributed by atoms with Crippen LogP contribution in [0.4, 0.5) is 0 Å². The first-order valence-corrected chi connectivity index (χ1v) is 14.6. The van der Waals surface area contributed by atoms with E-state index in [4.69, 9.17) is 4.74 Å². The van der Waals surface area contributed by atoms with E-state index in [0.29, 0.717) is 22.8 Å². The molecule has 5 nitrogen and oxygen atoms in total. The Hall–Kier alpha value is -3.42. The van der Waals surface area contributed by atoms with E-state index >= 15 is 0 Å². The smallest absolute Gasteiger partial charge is 0.178 e. The molecule has 0 spiro atoms.